The minimum absolute atomic E-state index is 0.0833. The Bertz CT molecular complexity index is 400. The average molecular weight is 192 g/mol. The van der Waals surface area contributed by atoms with Crippen LogP contribution < -0.4 is 0 Å². The first-order valence-electron chi connectivity index (χ1n) is 2.48. The Kier molecular flexibility index (Phi) is 1.89. The number of rotatable bonds is 1. The molecular weight excluding hydrogens is 190 g/mol. The van der Waals surface area contributed by atoms with Gasteiger partial charge < -0.3 is 4.42 Å². The topological polar surface area (TPSA) is 71.1 Å². The highest BCUT2D eigenvalue weighted by Crippen LogP contribution is 2.19. The minimum atomic E-state index is -3.92. The highest BCUT2D eigenvalue weighted by atomic mass is 35.7. The highest BCUT2D eigenvalue weighted by Gasteiger charge is 2.18. The molecule has 0 saturated heterocycles. The molecule has 11 heavy (non-hydrogen) atoms. The van der Waals surface area contributed by atoms with Crippen LogP contribution in [0.3, 0.4) is 0 Å². The van der Waals surface area contributed by atoms with Crippen molar-refractivity contribution >= 4 is 19.7 Å². The van der Waals surface area contributed by atoms with Gasteiger partial charge in [-0.05, 0) is 6.07 Å². The Morgan fingerprint density at radius 2 is 2.27 bits per heavy atom. The standard InChI is InChI=1S/C5H2ClNO3S/c6-11(8,9)5-4(3-7)1-2-10-5/h1-2H. The van der Waals surface area contributed by atoms with E-state index in [0.717, 1.165) is 6.26 Å². The van der Waals surface area contributed by atoms with Crippen LogP contribution >= 0.6 is 10.7 Å². The van der Waals surface area contributed by atoms with Gasteiger partial charge in [-0.1, -0.05) is 0 Å². The largest absolute Gasteiger partial charge is 0.451 e. The van der Waals surface area contributed by atoms with Gasteiger partial charge in [0.05, 0.1) is 6.26 Å². The molecule has 0 aliphatic rings. The van der Waals surface area contributed by atoms with Crippen LogP contribution in [0.1, 0.15) is 5.56 Å². The van der Waals surface area contributed by atoms with Gasteiger partial charge in [0.1, 0.15) is 11.6 Å². The molecule has 0 unspecified atom stereocenters. The van der Waals surface area contributed by atoms with Crippen molar-refractivity contribution in [3.63, 3.8) is 0 Å². The van der Waals surface area contributed by atoms with Crippen LogP contribution in [0.15, 0.2) is 21.8 Å². The Morgan fingerprint density at radius 1 is 1.64 bits per heavy atom. The molecule has 1 aromatic heterocycles. The summed E-state index contributed by atoms with van der Waals surface area (Å²) >= 11 is 0. The molecule has 0 aliphatic heterocycles. The van der Waals surface area contributed by atoms with Gasteiger partial charge in [-0.3, -0.25) is 0 Å². The Hall–Kier alpha value is -0.990. The summed E-state index contributed by atoms with van der Waals surface area (Å²) in [5.74, 6) is 0. The summed E-state index contributed by atoms with van der Waals surface area (Å²) in [5, 5.41) is 7.84. The minimum Gasteiger partial charge on any atom is -0.451 e. The van der Waals surface area contributed by atoms with Crippen LogP contribution in [0.2, 0.25) is 0 Å². The normalized spacial score (nSPS) is 10.9. The molecule has 0 amide bonds. The highest BCUT2D eigenvalue weighted by molar-refractivity contribution is 8.13. The molecule has 0 aliphatic carbocycles. The molecule has 0 atom stereocenters. The third-order valence-electron chi connectivity index (χ3n) is 0.972. The maximum absolute atomic E-state index is 10.6. The quantitative estimate of drug-likeness (QED) is 0.623. The predicted molar refractivity (Wildman–Crippen MR) is 36.5 cm³/mol. The van der Waals surface area contributed by atoms with Crippen molar-refractivity contribution in [3.05, 3.63) is 17.9 Å². The lowest BCUT2D eigenvalue weighted by atomic mass is 10.4. The molecule has 0 fully saturated rings. The monoisotopic (exact) mass is 191 g/mol. The lowest BCUT2D eigenvalue weighted by Crippen LogP contribution is -1.89. The first-order valence-corrected chi connectivity index (χ1v) is 4.79. The molecule has 0 saturated carbocycles. The lowest BCUT2D eigenvalue weighted by Gasteiger charge is -1.86. The number of nitrogens with zero attached hydrogens (tertiary/aromatic N) is 1. The Morgan fingerprint density at radius 3 is 2.64 bits per heavy atom. The number of hydrogen-bond donors (Lipinski definition) is 0. The summed E-state index contributed by atoms with van der Waals surface area (Å²) in [6, 6.07) is 2.86. The summed E-state index contributed by atoms with van der Waals surface area (Å²) < 4.78 is 25.7. The average Bonchev–Trinajstić information content (AvgIpc) is 2.31. The van der Waals surface area contributed by atoms with Crippen molar-refractivity contribution in [2.24, 2.45) is 0 Å². The predicted octanol–water partition coefficient (Wildman–Crippen LogP) is 1.08. The number of hydrogen-bond acceptors (Lipinski definition) is 4. The Labute approximate surface area is 67.4 Å². The zero-order chi connectivity index (χ0) is 8.48. The van der Waals surface area contributed by atoms with Crippen LogP contribution in [-0.4, -0.2) is 8.42 Å². The second-order valence-electron chi connectivity index (χ2n) is 1.67. The maximum atomic E-state index is 10.6. The van der Waals surface area contributed by atoms with Crippen molar-refractivity contribution in [1.82, 2.24) is 0 Å². The Balaban J connectivity index is 3.39. The first kappa shape index (κ1) is 8.11. The van der Waals surface area contributed by atoms with E-state index < -0.39 is 14.1 Å². The van der Waals surface area contributed by atoms with E-state index in [1.54, 1.807) is 6.07 Å². The van der Waals surface area contributed by atoms with Gasteiger partial charge in [0, 0.05) is 10.7 Å². The SMILES string of the molecule is N#Cc1ccoc1S(=O)(=O)Cl. The van der Waals surface area contributed by atoms with Gasteiger partial charge in [0.2, 0.25) is 0 Å². The summed E-state index contributed by atoms with van der Waals surface area (Å²) in [6.07, 6.45) is 1.09. The fourth-order valence-corrected chi connectivity index (χ4v) is 1.47. The van der Waals surface area contributed by atoms with E-state index in [1.165, 1.54) is 6.07 Å². The van der Waals surface area contributed by atoms with Gasteiger partial charge >= 0.3 is 0 Å². The molecule has 0 spiro atoms. The van der Waals surface area contributed by atoms with Crippen LogP contribution in [0.25, 0.3) is 0 Å². The van der Waals surface area contributed by atoms with E-state index in [4.69, 9.17) is 15.9 Å². The fourth-order valence-electron chi connectivity index (χ4n) is 0.567. The van der Waals surface area contributed by atoms with Crippen LogP contribution in [0.5, 0.6) is 0 Å². The number of nitriles is 1. The molecule has 1 aromatic rings. The molecule has 1 rings (SSSR count). The zero-order valence-electron chi connectivity index (χ0n) is 5.11. The molecule has 0 N–H and O–H groups in total. The first-order chi connectivity index (χ1) is 5.05. The van der Waals surface area contributed by atoms with E-state index >= 15 is 0 Å². The van der Waals surface area contributed by atoms with E-state index in [2.05, 4.69) is 4.42 Å². The molecule has 1 heterocycles. The summed E-state index contributed by atoms with van der Waals surface area (Å²) in [5.41, 5.74) is -0.0833. The molecule has 58 valence electrons. The van der Waals surface area contributed by atoms with Crippen molar-refractivity contribution in [3.8, 4) is 6.07 Å². The third kappa shape index (κ3) is 1.53. The smallest absolute Gasteiger partial charge is 0.295 e. The van der Waals surface area contributed by atoms with Gasteiger partial charge in [-0.15, -0.1) is 0 Å². The van der Waals surface area contributed by atoms with Crippen LogP contribution in [-0.2, 0) is 9.05 Å². The summed E-state index contributed by atoms with van der Waals surface area (Å²) in [6.45, 7) is 0. The zero-order valence-corrected chi connectivity index (χ0v) is 6.69. The van der Waals surface area contributed by atoms with E-state index in [1.807, 2.05) is 0 Å². The molecule has 0 bridgehead atoms. The van der Waals surface area contributed by atoms with E-state index in [9.17, 15) is 8.42 Å². The van der Waals surface area contributed by atoms with Gasteiger partial charge in [-0.25, -0.2) is 8.42 Å². The van der Waals surface area contributed by atoms with E-state index in [-0.39, 0.29) is 5.56 Å². The van der Waals surface area contributed by atoms with E-state index in [0.29, 0.717) is 0 Å². The van der Waals surface area contributed by atoms with Crippen LogP contribution in [0, 0.1) is 11.3 Å². The molecular formula is C5H2ClNO3S. The molecule has 4 nitrogen and oxygen atoms in total. The van der Waals surface area contributed by atoms with Crippen LogP contribution in [0.4, 0.5) is 0 Å². The number of halogens is 1. The maximum Gasteiger partial charge on any atom is 0.295 e. The second-order valence-corrected chi connectivity index (χ2v) is 4.14. The third-order valence-corrected chi connectivity index (χ3v) is 2.15. The van der Waals surface area contributed by atoms with Crippen molar-refractivity contribution < 1.29 is 12.8 Å². The van der Waals surface area contributed by atoms with Gasteiger partial charge in [0.15, 0.2) is 0 Å². The fraction of sp³-hybridized carbons (Fsp3) is 0. The second kappa shape index (κ2) is 2.57. The molecule has 6 heteroatoms. The van der Waals surface area contributed by atoms with Gasteiger partial charge in [-0.2, -0.15) is 5.26 Å². The summed E-state index contributed by atoms with van der Waals surface area (Å²) in [7, 11) is 0.992. The lowest BCUT2D eigenvalue weighted by molar-refractivity contribution is 0.453. The van der Waals surface area contributed by atoms with Gasteiger partial charge in [0.25, 0.3) is 14.1 Å². The number of furan rings is 1. The van der Waals surface area contributed by atoms with Crippen molar-refractivity contribution in [2.45, 2.75) is 5.09 Å². The molecule has 0 aromatic carbocycles. The van der Waals surface area contributed by atoms with Crippen molar-refractivity contribution in [2.75, 3.05) is 0 Å². The molecule has 0 radical (unpaired) electrons. The van der Waals surface area contributed by atoms with Crippen molar-refractivity contribution in [1.29, 1.82) is 5.26 Å². The summed E-state index contributed by atoms with van der Waals surface area (Å²) in [4.78, 5) is 0.